The second-order valence-electron chi connectivity index (χ2n) is 5.16. The molecule has 3 nitrogen and oxygen atoms in total. The summed E-state index contributed by atoms with van der Waals surface area (Å²) in [6.07, 6.45) is 3.44. The zero-order valence-electron chi connectivity index (χ0n) is 14.1. The summed E-state index contributed by atoms with van der Waals surface area (Å²) in [4.78, 5) is 0. The fourth-order valence-corrected chi connectivity index (χ4v) is 3.55. The Kier molecular flexibility index (Phi) is 7.83. The number of benzene rings is 2. The van der Waals surface area contributed by atoms with Gasteiger partial charge in [-0.1, -0.05) is 41.9 Å². The molecule has 0 atom stereocenters. The van der Waals surface area contributed by atoms with Gasteiger partial charge >= 0.3 is 0 Å². The van der Waals surface area contributed by atoms with Gasteiger partial charge in [0.1, 0.15) is 6.61 Å². The molecular weight excluding hydrogens is 484 g/mol. The van der Waals surface area contributed by atoms with E-state index in [2.05, 4.69) is 35.2 Å². The van der Waals surface area contributed by atoms with Crippen LogP contribution in [0, 0.1) is 14.9 Å². The highest BCUT2D eigenvalue weighted by molar-refractivity contribution is 14.1. The van der Waals surface area contributed by atoms with Crippen molar-refractivity contribution in [2.45, 2.75) is 6.92 Å². The maximum absolute atomic E-state index is 9.57. The van der Waals surface area contributed by atoms with E-state index < -0.39 is 0 Å². The molecule has 0 aromatic heterocycles. The number of allylic oxidation sites excluding steroid dienone is 1. The minimum absolute atomic E-state index is 0.384. The van der Waals surface area contributed by atoms with Crippen LogP contribution >= 0.6 is 45.8 Å². The molecule has 0 heterocycles. The van der Waals surface area contributed by atoms with Gasteiger partial charge in [-0.05, 0) is 65.4 Å². The Morgan fingerprint density at radius 3 is 2.65 bits per heavy atom. The Bertz CT molecular complexity index is 888. The van der Waals surface area contributed by atoms with Gasteiger partial charge in [0.15, 0.2) is 11.5 Å². The highest BCUT2D eigenvalue weighted by atomic mass is 127. The lowest BCUT2D eigenvalue weighted by Gasteiger charge is -2.14. The summed E-state index contributed by atoms with van der Waals surface area (Å²) in [5.74, 6) is 1.28. The average Bonchev–Trinajstić information content (AvgIpc) is 2.60. The molecule has 0 aliphatic rings. The van der Waals surface area contributed by atoms with Crippen LogP contribution < -0.4 is 9.47 Å². The number of hydrogen-bond donors (Lipinski definition) is 0. The summed E-state index contributed by atoms with van der Waals surface area (Å²) in [5.41, 5.74) is 1.87. The molecule has 0 bridgehead atoms. The first kappa shape index (κ1) is 20.6. The molecule has 0 amide bonds. The molecule has 0 aliphatic carbocycles. The molecule has 6 heteroatoms. The summed E-state index contributed by atoms with van der Waals surface area (Å²) >= 11 is 14.3. The Balaban J connectivity index is 2.50. The Hall–Kier alpha value is -1.68. The second-order valence-corrected chi connectivity index (χ2v) is 7.16. The number of rotatable bonds is 7. The molecule has 0 saturated carbocycles. The quantitative estimate of drug-likeness (QED) is 0.186. The van der Waals surface area contributed by atoms with E-state index in [0.717, 1.165) is 9.13 Å². The van der Waals surface area contributed by atoms with Crippen LogP contribution in [0.3, 0.4) is 0 Å². The van der Waals surface area contributed by atoms with Crippen molar-refractivity contribution in [1.82, 2.24) is 0 Å². The van der Waals surface area contributed by atoms with Crippen LogP contribution in [0.25, 0.3) is 11.6 Å². The van der Waals surface area contributed by atoms with Gasteiger partial charge in [-0.25, -0.2) is 0 Å². The summed E-state index contributed by atoms with van der Waals surface area (Å²) in [6, 6.07) is 11.0. The minimum atomic E-state index is 0.384. The third-order valence-corrected chi connectivity index (χ3v) is 4.68. The molecule has 0 spiro atoms. The van der Waals surface area contributed by atoms with Gasteiger partial charge in [0.05, 0.1) is 26.8 Å². The third-order valence-electron chi connectivity index (χ3n) is 3.33. The maximum Gasteiger partial charge on any atom is 0.174 e. The standard InChI is InChI=1S/C20H16Cl2INO2/c1-3-7-26-20-18(23)9-13(10-19(20)25-4-2)8-14(12-24)16-6-5-15(21)11-17(16)22/h3,5-6,8-11H,1,4,7H2,2H3/b14-8+. The van der Waals surface area contributed by atoms with E-state index in [4.69, 9.17) is 32.7 Å². The Morgan fingerprint density at radius 1 is 1.27 bits per heavy atom. The van der Waals surface area contributed by atoms with E-state index in [1.807, 2.05) is 19.1 Å². The van der Waals surface area contributed by atoms with Crippen LogP contribution in [0.2, 0.25) is 10.0 Å². The summed E-state index contributed by atoms with van der Waals surface area (Å²) < 4.78 is 12.3. The predicted molar refractivity (Wildman–Crippen MR) is 116 cm³/mol. The molecule has 0 radical (unpaired) electrons. The van der Waals surface area contributed by atoms with Crippen molar-refractivity contribution in [2.24, 2.45) is 0 Å². The molecule has 0 aliphatic heterocycles. The van der Waals surface area contributed by atoms with E-state index in [0.29, 0.717) is 45.9 Å². The van der Waals surface area contributed by atoms with Gasteiger partial charge in [0.2, 0.25) is 0 Å². The fourth-order valence-electron chi connectivity index (χ4n) is 2.26. The number of nitrogens with zero attached hydrogens (tertiary/aromatic N) is 1. The summed E-state index contributed by atoms with van der Waals surface area (Å²) in [6.45, 7) is 6.45. The molecule has 26 heavy (non-hydrogen) atoms. The largest absolute Gasteiger partial charge is 0.490 e. The topological polar surface area (TPSA) is 42.2 Å². The third kappa shape index (κ3) is 5.16. The lowest BCUT2D eigenvalue weighted by Crippen LogP contribution is -2.01. The molecule has 0 fully saturated rings. The SMILES string of the molecule is C=CCOc1c(I)cc(/C=C(\C#N)c2ccc(Cl)cc2Cl)cc1OCC. The van der Waals surface area contributed by atoms with Gasteiger partial charge in [-0.15, -0.1) is 0 Å². The number of halogens is 3. The van der Waals surface area contributed by atoms with Crippen molar-refractivity contribution in [3.63, 3.8) is 0 Å². The number of hydrogen-bond acceptors (Lipinski definition) is 3. The van der Waals surface area contributed by atoms with E-state index in [1.165, 1.54) is 0 Å². The van der Waals surface area contributed by atoms with Crippen LogP contribution in [-0.2, 0) is 0 Å². The first-order valence-electron chi connectivity index (χ1n) is 7.77. The zero-order chi connectivity index (χ0) is 19.1. The van der Waals surface area contributed by atoms with E-state index in [9.17, 15) is 5.26 Å². The van der Waals surface area contributed by atoms with Crippen LogP contribution in [0.5, 0.6) is 11.5 Å². The van der Waals surface area contributed by atoms with Crippen LogP contribution in [0.15, 0.2) is 43.0 Å². The molecule has 0 N–H and O–H groups in total. The van der Waals surface area contributed by atoms with Crippen molar-refractivity contribution >= 4 is 57.4 Å². The lowest BCUT2D eigenvalue weighted by atomic mass is 10.0. The average molecular weight is 500 g/mol. The fraction of sp³-hybridized carbons (Fsp3) is 0.150. The van der Waals surface area contributed by atoms with Crippen molar-refractivity contribution in [3.8, 4) is 17.6 Å². The minimum Gasteiger partial charge on any atom is -0.490 e. The number of nitriles is 1. The van der Waals surface area contributed by atoms with Crippen LogP contribution in [-0.4, -0.2) is 13.2 Å². The first-order valence-corrected chi connectivity index (χ1v) is 9.60. The molecule has 2 rings (SSSR count). The van der Waals surface area contributed by atoms with Gasteiger partial charge in [-0.3, -0.25) is 0 Å². The molecule has 2 aromatic rings. The lowest BCUT2D eigenvalue weighted by molar-refractivity contribution is 0.295. The number of ether oxygens (including phenoxy) is 2. The highest BCUT2D eigenvalue weighted by Gasteiger charge is 2.13. The van der Waals surface area contributed by atoms with Gasteiger partial charge in [-0.2, -0.15) is 5.26 Å². The highest BCUT2D eigenvalue weighted by Crippen LogP contribution is 2.36. The molecular formula is C20H16Cl2INO2. The second kappa shape index (κ2) is 9.86. The normalized spacial score (nSPS) is 11.0. The van der Waals surface area contributed by atoms with Gasteiger partial charge in [0.25, 0.3) is 0 Å². The first-order chi connectivity index (χ1) is 12.5. The van der Waals surface area contributed by atoms with Gasteiger partial charge in [0, 0.05) is 10.6 Å². The monoisotopic (exact) mass is 499 g/mol. The molecule has 0 saturated heterocycles. The molecule has 134 valence electrons. The smallest absolute Gasteiger partial charge is 0.174 e. The van der Waals surface area contributed by atoms with Crippen LogP contribution in [0.1, 0.15) is 18.1 Å². The van der Waals surface area contributed by atoms with E-state index in [1.54, 1.807) is 30.4 Å². The Morgan fingerprint density at radius 2 is 2.04 bits per heavy atom. The van der Waals surface area contributed by atoms with E-state index in [-0.39, 0.29) is 0 Å². The van der Waals surface area contributed by atoms with E-state index >= 15 is 0 Å². The Labute approximate surface area is 177 Å². The van der Waals surface area contributed by atoms with Crippen molar-refractivity contribution in [3.05, 3.63) is 67.7 Å². The van der Waals surface area contributed by atoms with Gasteiger partial charge < -0.3 is 9.47 Å². The van der Waals surface area contributed by atoms with Crippen molar-refractivity contribution in [1.29, 1.82) is 5.26 Å². The summed E-state index contributed by atoms with van der Waals surface area (Å²) in [5, 5.41) is 10.5. The van der Waals surface area contributed by atoms with Crippen molar-refractivity contribution < 1.29 is 9.47 Å². The zero-order valence-corrected chi connectivity index (χ0v) is 17.7. The predicted octanol–water partition coefficient (Wildman–Crippen LogP) is 6.63. The van der Waals surface area contributed by atoms with Crippen LogP contribution in [0.4, 0.5) is 0 Å². The maximum atomic E-state index is 9.57. The molecule has 0 unspecified atom stereocenters. The summed E-state index contributed by atoms with van der Waals surface area (Å²) in [7, 11) is 0. The molecule has 2 aromatic carbocycles. The van der Waals surface area contributed by atoms with Crippen molar-refractivity contribution in [2.75, 3.05) is 13.2 Å².